The maximum atomic E-state index is 15.8. The van der Waals surface area contributed by atoms with Gasteiger partial charge < -0.3 is 4.57 Å². The summed E-state index contributed by atoms with van der Waals surface area (Å²) >= 11 is 0. The number of halogens is 1. The lowest BCUT2D eigenvalue weighted by atomic mass is 9.97. The third-order valence-corrected chi connectivity index (χ3v) is 10.8. The van der Waals surface area contributed by atoms with Gasteiger partial charge in [0, 0.05) is 38.7 Å². The molecule has 7 heteroatoms. The van der Waals surface area contributed by atoms with Gasteiger partial charge in [-0.15, -0.1) is 0 Å². The van der Waals surface area contributed by atoms with E-state index in [1.54, 1.807) is 24.3 Å². The van der Waals surface area contributed by atoms with Crippen molar-refractivity contribution >= 4 is 21.8 Å². The summed E-state index contributed by atoms with van der Waals surface area (Å²) in [5, 5.41) is 21.4. The Bertz CT molecular complexity index is 3190. The van der Waals surface area contributed by atoms with Crippen LogP contribution >= 0.6 is 0 Å². The zero-order valence-electron chi connectivity index (χ0n) is 32.0. The maximum Gasteiger partial charge on any atom is 0.164 e. The van der Waals surface area contributed by atoms with Crippen molar-refractivity contribution in [1.82, 2.24) is 19.5 Å². The number of benzene rings is 8. The summed E-state index contributed by atoms with van der Waals surface area (Å²) in [6.07, 6.45) is 0. The minimum atomic E-state index is -0.357. The van der Waals surface area contributed by atoms with E-state index in [0.29, 0.717) is 45.3 Å². The number of fused-ring (bicyclic) bond motifs is 3. The van der Waals surface area contributed by atoms with E-state index in [1.807, 2.05) is 121 Å². The van der Waals surface area contributed by atoms with Gasteiger partial charge in [0.25, 0.3) is 0 Å². The fraction of sp³-hybridized carbons (Fsp3) is 0. The Labute approximate surface area is 345 Å². The van der Waals surface area contributed by atoms with Crippen molar-refractivity contribution in [1.29, 1.82) is 10.5 Å². The molecule has 0 saturated heterocycles. The van der Waals surface area contributed by atoms with Gasteiger partial charge in [-0.1, -0.05) is 121 Å². The lowest BCUT2D eigenvalue weighted by molar-refractivity contribution is 0.631. The second-order valence-electron chi connectivity index (χ2n) is 14.4. The van der Waals surface area contributed by atoms with Gasteiger partial charge in [0.05, 0.1) is 34.3 Å². The van der Waals surface area contributed by atoms with Gasteiger partial charge in [0.15, 0.2) is 17.5 Å². The highest BCUT2D eigenvalue weighted by Crippen LogP contribution is 2.40. The Morgan fingerprint density at radius 2 is 0.867 bits per heavy atom. The molecule has 0 aliphatic carbocycles. The zero-order valence-corrected chi connectivity index (χ0v) is 32.0. The fourth-order valence-electron chi connectivity index (χ4n) is 7.90. The van der Waals surface area contributed by atoms with Gasteiger partial charge in [-0.05, 0) is 94.5 Å². The first-order valence-corrected chi connectivity index (χ1v) is 19.4. The molecular formula is C53H31FN6. The molecule has 0 saturated carbocycles. The van der Waals surface area contributed by atoms with E-state index in [2.05, 4.69) is 53.1 Å². The van der Waals surface area contributed by atoms with Crippen molar-refractivity contribution < 1.29 is 4.39 Å². The first-order valence-electron chi connectivity index (χ1n) is 19.4. The van der Waals surface area contributed by atoms with E-state index in [-0.39, 0.29) is 5.82 Å². The largest absolute Gasteiger partial charge is 0.309 e. The molecule has 10 rings (SSSR count). The van der Waals surface area contributed by atoms with Crippen LogP contribution in [0, 0.1) is 28.5 Å². The molecule has 0 amide bonds. The summed E-state index contributed by atoms with van der Waals surface area (Å²) in [5.74, 6) is 1.05. The van der Waals surface area contributed by atoms with Crippen molar-refractivity contribution in [2.45, 2.75) is 0 Å². The molecule has 8 aromatic carbocycles. The zero-order chi connectivity index (χ0) is 40.6. The minimum absolute atomic E-state index is 0.357. The molecule has 0 radical (unpaired) electrons. The van der Waals surface area contributed by atoms with Crippen LogP contribution in [0.2, 0.25) is 0 Å². The van der Waals surface area contributed by atoms with Crippen LogP contribution in [0.3, 0.4) is 0 Å². The number of rotatable bonds is 7. The molecule has 0 aliphatic heterocycles. The molecule has 60 heavy (non-hydrogen) atoms. The fourth-order valence-corrected chi connectivity index (χ4v) is 7.90. The van der Waals surface area contributed by atoms with Crippen LogP contribution in [0.15, 0.2) is 188 Å². The highest BCUT2D eigenvalue weighted by molar-refractivity contribution is 6.12. The lowest BCUT2D eigenvalue weighted by Gasteiger charge is -2.16. The van der Waals surface area contributed by atoms with E-state index in [1.165, 1.54) is 6.07 Å². The molecule has 10 aromatic rings. The average molecular weight is 771 g/mol. The van der Waals surface area contributed by atoms with Crippen LogP contribution < -0.4 is 0 Å². The van der Waals surface area contributed by atoms with E-state index < -0.39 is 0 Å². The monoisotopic (exact) mass is 770 g/mol. The summed E-state index contributed by atoms with van der Waals surface area (Å²) in [7, 11) is 0. The topological polar surface area (TPSA) is 91.2 Å². The highest BCUT2D eigenvalue weighted by Gasteiger charge is 2.21. The molecule has 0 atom stereocenters. The number of nitriles is 2. The van der Waals surface area contributed by atoms with Gasteiger partial charge in [0.1, 0.15) is 5.82 Å². The minimum Gasteiger partial charge on any atom is -0.309 e. The van der Waals surface area contributed by atoms with E-state index in [9.17, 15) is 10.5 Å². The molecule has 280 valence electrons. The second-order valence-corrected chi connectivity index (χ2v) is 14.4. The average Bonchev–Trinajstić information content (AvgIpc) is 3.65. The lowest BCUT2D eigenvalue weighted by Crippen LogP contribution is -2.03. The van der Waals surface area contributed by atoms with Crippen molar-refractivity contribution in [3.63, 3.8) is 0 Å². The third-order valence-electron chi connectivity index (χ3n) is 10.8. The van der Waals surface area contributed by atoms with Crippen molar-refractivity contribution in [3.05, 3.63) is 205 Å². The second kappa shape index (κ2) is 15.1. The van der Waals surface area contributed by atoms with Crippen molar-refractivity contribution in [3.8, 4) is 85.4 Å². The first-order chi connectivity index (χ1) is 29.5. The van der Waals surface area contributed by atoms with E-state index in [4.69, 9.17) is 15.0 Å². The molecular weight excluding hydrogens is 740 g/mol. The van der Waals surface area contributed by atoms with Crippen LogP contribution in [0.25, 0.3) is 95.0 Å². The quantitative estimate of drug-likeness (QED) is 0.161. The molecule has 6 nitrogen and oxygen atoms in total. The third kappa shape index (κ3) is 6.53. The van der Waals surface area contributed by atoms with Crippen LogP contribution in [-0.2, 0) is 0 Å². The van der Waals surface area contributed by atoms with Gasteiger partial charge in [-0.25, -0.2) is 19.3 Å². The Balaban J connectivity index is 1.24. The summed E-state index contributed by atoms with van der Waals surface area (Å²) in [6.45, 7) is 0. The predicted molar refractivity (Wildman–Crippen MR) is 236 cm³/mol. The van der Waals surface area contributed by atoms with Crippen molar-refractivity contribution in [2.75, 3.05) is 0 Å². The first kappa shape index (κ1) is 35.9. The molecule has 0 bridgehead atoms. The number of hydrogen-bond acceptors (Lipinski definition) is 5. The number of hydrogen-bond donors (Lipinski definition) is 0. The number of nitrogens with zero attached hydrogens (tertiary/aromatic N) is 6. The van der Waals surface area contributed by atoms with Gasteiger partial charge in [-0.2, -0.15) is 10.5 Å². The van der Waals surface area contributed by atoms with Crippen LogP contribution in [0.4, 0.5) is 4.39 Å². The van der Waals surface area contributed by atoms with E-state index in [0.717, 1.165) is 60.9 Å². The Morgan fingerprint density at radius 1 is 0.383 bits per heavy atom. The smallest absolute Gasteiger partial charge is 0.164 e. The molecule has 0 aliphatic rings. The summed E-state index contributed by atoms with van der Waals surface area (Å²) < 4.78 is 18.0. The number of aromatic nitrogens is 4. The maximum absolute atomic E-state index is 15.8. The highest BCUT2D eigenvalue weighted by atomic mass is 19.1. The van der Waals surface area contributed by atoms with Gasteiger partial charge in [-0.3, -0.25) is 0 Å². The Kier molecular flexibility index (Phi) is 9.02. The molecule has 0 unspecified atom stereocenters. The molecule has 2 heterocycles. The van der Waals surface area contributed by atoms with Crippen LogP contribution in [-0.4, -0.2) is 19.5 Å². The van der Waals surface area contributed by atoms with E-state index >= 15 is 4.39 Å². The van der Waals surface area contributed by atoms with Crippen LogP contribution in [0.1, 0.15) is 11.1 Å². The normalized spacial score (nSPS) is 11.1. The summed E-state index contributed by atoms with van der Waals surface area (Å²) in [6, 6.07) is 64.7. The molecule has 0 fully saturated rings. The predicted octanol–water partition coefficient (Wildman–Crippen LogP) is 12.9. The standard InChI is InChI=1S/C53H31FN6/c54-48-20-8-7-19-44(48)43-24-23-42(31-47(43)53-58-51(36-13-3-1-4-14-36)57-52(59-53)37-15-5-2-6-16-37)60-49-25-21-40(38-17-9-11-34(27-38)32-55)29-45(49)46-30-41(22-26-50(46)60)39-18-10-12-35(28-39)33-56/h1-31H. The molecule has 2 aromatic heterocycles. The van der Waals surface area contributed by atoms with Gasteiger partial charge in [0.2, 0.25) is 0 Å². The molecule has 0 N–H and O–H groups in total. The summed E-state index contributed by atoms with van der Waals surface area (Å²) in [4.78, 5) is 15.1. The summed E-state index contributed by atoms with van der Waals surface area (Å²) in [5.41, 5.74) is 11.1. The Morgan fingerprint density at radius 3 is 1.40 bits per heavy atom. The van der Waals surface area contributed by atoms with Crippen LogP contribution in [0.5, 0.6) is 0 Å². The Hall–Kier alpha value is -8.52. The SMILES string of the molecule is N#Cc1cccc(-c2ccc3c(c2)c2cc(-c4cccc(C#N)c4)ccc2n3-c2ccc(-c3ccccc3F)c(-c3nc(-c4ccccc4)nc(-c4ccccc4)n3)c2)c1. The van der Waals surface area contributed by atoms with Gasteiger partial charge >= 0.3 is 0 Å². The molecule has 0 spiro atoms. The van der Waals surface area contributed by atoms with Crippen molar-refractivity contribution in [2.24, 2.45) is 0 Å².